The van der Waals surface area contributed by atoms with E-state index in [1.165, 1.54) is 92.0 Å². The summed E-state index contributed by atoms with van der Waals surface area (Å²) in [4.78, 5) is 75.0. The van der Waals surface area contributed by atoms with Crippen molar-refractivity contribution < 1.29 is 38.8 Å². The van der Waals surface area contributed by atoms with Gasteiger partial charge in [0.05, 0.1) is 0 Å². The SMILES string of the molecule is C1CCOC1.CCCCCC/C(=N\O)C(=O)c1ccc2c(c1)c1cc(C(=O)c3ccc4c(c3)-c3ccccc3C4(C)C)ccc1n2CC(CC)CCCC.CCCCCC/C(=N\OC(C)=O)C(=O)c1ccc2c(c1)c1cc(C(=O)c3ccc4c(c3)-c3ccccc3C4(C)C)ccc1n2CC(CC)CCCC.CCN(CC)CC. The van der Waals surface area contributed by atoms with Crippen molar-refractivity contribution in [2.75, 3.05) is 32.8 Å². The van der Waals surface area contributed by atoms with Gasteiger partial charge in [0.15, 0.2) is 11.6 Å². The lowest BCUT2D eigenvalue weighted by Gasteiger charge is -2.21. The van der Waals surface area contributed by atoms with Crippen LogP contribution >= 0.6 is 0 Å². The summed E-state index contributed by atoms with van der Waals surface area (Å²) in [7, 11) is 0. The molecule has 113 heavy (non-hydrogen) atoms. The fraction of sp³-hybridized carbons (Fsp3) is 0.450. The van der Waals surface area contributed by atoms with Crippen molar-refractivity contribution in [2.24, 2.45) is 22.1 Å². The van der Waals surface area contributed by atoms with Gasteiger partial charge in [0, 0.05) is 121 Å². The summed E-state index contributed by atoms with van der Waals surface area (Å²) in [5.41, 5.74) is 17.6. The number of Topliss-reactive ketones (excluding diaryl/α,β-unsaturated/α-hetero) is 2. The first-order valence-electron chi connectivity index (χ1n) is 42.7. The van der Waals surface area contributed by atoms with E-state index in [-0.39, 0.29) is 45.4 Å². The molecule has 13 rings (SSSR count). The fourth-order valence-corrected chi connectivity index (χ4v) is 17.1. The molecule has 13 nitrogen and oxygen atoms in total. The van der Waals surface area contributed by atoms with Gasteiger partial charge < -0.3 is 28.8 Å². The Hall–Kier alpha value is -9.43. The van der Waals surface area contributed by atoms with Crippen LogP contribution in [0.25, 0.3) is 65.9 Å². The van der Waals surface area contributed by atoms with Crippen molar-refractivity contribution in [3.8, 4) is 22.3 Å². The van der Waals surface area contributed by atoms with Crippen molar-refractivity contribution in [3.63, 3.8) is 0 Å². The fourth-order valence-electron chi connectivity index (χ4n) is 17.1. The number of hydrogen-bond acceptors (Lipinski definition) is 11. The Morgan fingerprint density at radius 1 is 0.434 bits per heavy atom. The summed E-state index contributed by atoms with van der Waals surface area (Å²) in [5.74, 6) is -0.0669. The topological polar surface area (TPSA) is 162 Å². The molecule has 3 heterocycles. The molecule has 0 bridgehead atoms. The molecule has 2 aromatic heterocycles. The number of hydrogen-bond donors (Lipinski definition) is 1. The second kappa shape index (κ2) is 40.5. The predicted octanol–water partition coefficient (Wildman–Crippen LogP) is 25.3. The van der Waals surface area contributed by atoms with Crippen LogP contribution < -0.4 is 0 Å². The van der Waals surface area contributed by atoms with Crippen molar-refractivity contribution in [2.45, 2.75) is 249 Å². The number of nitrogens with zero attached hydrogens (tertiary/aromatic N) is 5. The Morgan fingerprint density at radius 3 is 1.14 bits per heavy atom. The van der Waals surface area contributed by atoms with Gasteiger partial charge in [-0.05, 0) is 212 Å². The number of carbonyl (C=O) groups is 5. The summed E-state index contributed by atoms with van der Waals surface area (Å²) < 4.78 is 9.68. The van der Waals surface area contributed by atoms with Gasteiger partial charge in [-0.25, -0.2) is 4.79 Å². The molecule has 13 heteroatoms. The maximum atomic E-state index is 14.3. The third-order valence-corrected chi connectivity index (χ3v) is 24.1. The van der Waals surface area contributed by atoms with Gasteiger partial charge in [0.1, 0.15) is 11.4 Å². The summed E-state index contributed by atoms with van der Waals surface area (Å²) in [5, 5.41) is 21.0. The average molecular weight is 1530 g/mol. The van der Waals surface area contributed by atoms with E-state index in [1.807, 2.05) is 72.8 Å². The van der Waals surface area contributed by atoms with Crippen LogP contribution in [-0.2, 0) is 38.3 Å². The monoisotopic (exact) mass is 1520 g/mol. The molecular weight excluding hydrogens is 1400 g/mol. The number of fused-ring (bicyclic) bond motifs is 12. The van der Waals surface area contributed by atoms with Crippen LogP contribution in [-0.4, -0.2) is 92.6 Å². The van der Waals surface area contributed by atoms with Crippen LogP contribution in [0.2, 0.25) is 0 Å². The molecule has 598 valence electrons. The number of unbranched alkanes of at least 4 members (excludes halogenated alkanes) is 8. The zero-order valence-corrected chi connectivity index (χ0v) is 70.3. The van der Waals surface area contributed by atoms with Crippen LogP contribution in [0, 0.1) is 11.8 Å². The van der Waals surface area contributed by atoms with Crippen molar-refractivity contribution in [3.05, 3.63) is 213 Å². The zero-order valence-electron chi connectivity index (χ0n) is 70.3. The molecule has 0 amide bonds. The minimum absolute atomic E-state index is 0.0174. The van der Waals surface area contributed by atoms with E-state index in [4.69, 9.17) is 9.57 Å². The van der Waals surface area contributed by atoms with E-state index >= 15 is 0 Å². The highest BCUT2D eigenvalue weighted by molar-refractivity contribution is 6.47. The highest BCUT2D eigenvalue weighted by atomic mass is 16.7. The molecule has 2 atom stereocenters. The molecule has 3 aliphatic rings. The summed E-state index contributed by atoms with van der Waals surface area (Å²) in [6.07, 6.45) is 20.5. The smallest absolute Gasteiger partial charge is 0.331 e. The molecule has 1 N–H and O–H groups in total. The van der Waals surface area contributed by atoms with Crippen LogP contribution in [0.15, 0.2) is 168 Å². The van der Waals surface area contributed by atoms with Crippen LogP contribution in [0.5, 0.6) is 0 Å². The summed E-state index contributed by atoms with van der Waals surface area (Å²) in [6, 6.07) is 52.9. The second-order valence-corrected chi connectivity index (χ2v) is 32.4. The van der Waals surface area contributed by atoms with Gasteiger partial charge in [0.2, 0.25) is 11.6 Å². The van der Waals surface area contributed by atoms with E-state index < -0.39 is 5.97 Å². The molecule has 8 aromatic carbocycles. The van der Waals surface area contributed by atoms with Crippen molar-refractivity contribution in [1.29, 1.82) is 0 Å². The number of carbonyl (C=O) groups excluding carboxylic acids is 5. The molecule has 1 aliphatic heterocycles. The predicted molar refractivity (Wildman–Crippen MR) is 468 cm³/mol. The van der Waals surface area contributed by atoms with Crippen LogP contribution in [0.1, 0.15) is 300 Å². The molecule has 0 saturated carbocycles. The highest BCUT2D eigenvalue weighted by Gasteiger charge is 2.37. The quantitative estimate of drug-likeness (QED) is 0.0103. The number of ether oxygens (including phenoxy) is 1. The number of oxime groups is 2. The highest BCUT2D eigenvalue weighted by Crippen LogP contribution is 2.51. The summed E-state index contributed by atoms with van der Waals surface area (Å²) >= 11 is 0. The van der Waals surface area contributed by atoms with Gasteiger partial charge in [-0.2, -0.15) is 0 Å². The van der Waals surface area contributed by atoms with E-state index in [0.717, 1.165) is 165 Å². The van der Waals surface area contributed by atoms with Crippen LogP contribution in [0.4, 0.5) is 0 Å². The first-order valence-corrected chi connectivity index (χ1v) is 42.7. The molecule has 1 saturated heterocycles. The van der Waals surface area contributed by atoms with E-state index in [2.05, 4.69) is 199 Å². The normalized spacial score (nSPS) is 14.3. The molecule has 2 aliphatic carbocycles. The Labute approximate surface area is 673 Å². The second-order valence-electron chi connectivity index (χ2n) is 32.4. The number of rotatable bonds is 34. The van der Waals surface area contributed by atoms with E-state index in [0.29, 0.717) is 58.1 Å². The minimum atomic E-state index is -0.556. The molecule has 10 aromatic rings. The van der Waals surface area contributed by atoms with Crippen molar-refractivity contribution >= 4 is 84.1 Å². The molecular formula is C100H125N5O8. The van der Waals surface area contributed by atoms with Crippen LogP contribution in [0.3, 0.4) is 0 Å². The van der Waals surface area contributed by atoms with E-state index in [1.54, 1.807) is 0 Å². The molecule has 1 fully saturated rings. The number of aromatic nitrogens is 2. The van der Waals surface area contributed by atoms with Gasteiger partial charge in [0.25, 0.3) is 0 Å². The lowest BCUT2D eigenvalue weighted by Crippen LogP contribution is -2.21. The van der Waals surface area contributed by atoms with Gasteiger partial charge in [-0.15, -0.1) is 0 Å². The molecule has 0 radical (unpaired) electrons. The molecule has 0 spiro atoms. The first-order chi connectivity index (χ1) is 54.7. The Balaban J connectivity index is 0.000000209. The van der Waals surface area contributed by atoms with Gasteiger partial charge in [-0.1, -0.05) is 250 Å². The lowest BCUT2D eigenvalue weighted by atomic mass is 9.82. The Kier molecular flexibility index (Phi) is 30.8. The first kappa shape index (κ1) is 86.0. The molecule has 2 unspecified atom stereocenters. The third kappa shape index (κ3) is 19.9. The van der Waals surface area contributed by atoms with Gasteiger partial charge >= 0.3 is 5.97 Å². The maximum absolute atomic E-state index is 14.3. The average Bonchev–Trinajstić information content (AvgIpc) is 1.59. The largest absolute Gasteiger partial charge is 0.411 e. The number of ketones is 4. The standard InChI is InChI=1S/C46H52N2O4.C44H50N2O3.C6H15N.C4H8O/c1-7-10-12-13-19-41(47-52-30(4)49)45(51)34-22-25-43-38(28-34)37-27-33(21-24-42(37)48(43)29-31(9-3)16-11-8-2)44(50)32-20-23-40-36(26-32)35-17-14-15-18-39(35)46(40,5)6;1-6-9-11-12-18-39(45-49)43(48)32-21-24-41-36(27-32)35-26-31(20-23-40(35)46(41)28-29(8-3)15-10-7-2)42(47)30-19-22-38-34(25-30)33-16-13-14-17-37(33)44(38,4)5;1-4-7(5-2)6-3;1-2-4-5-3-1/h14-15,17-18,20-28,31H,7-13,16,19,29H2,1-6H3;13-14,16-17,19-27,29,49H,6-12,15,18,28H2,1-5H3;4-6H2,1-3H3;1-4H2/b47-41+;45-39+;;. The minimum Gasteiger partial charge on any atom is -0.411 e. The maximum Gasteiger partial charge on any atom is 0.331 e. The number of benzene rings is 8. The Morgan fingerprint density at radius 2 is 0.788 bits per heavy atom. The summed E-state index contributed by atoms with van der Waals surface area (Å²) in [6.45, 7) is 37.4. The van der Waals surface area contributed by atoms with Crippen molar-refractivity contribution in [1.82, 2.24) is 14.0 Å². The van der Waals surface area contributed by atoms with Gasteiger partial charge in [-0.3, -0.25) is 19.2 Å². The third-order valence-electron chi connectivity index (χ3n) is 24.1. The van der Waals surface area contributed by atoms with E-state index in [9.17, 15) is 29.2 Å². The zero-order chi connectivity index (χ0) is 80.9. The lowest BCUT2D eigenvalue weighted by molar-refractivity contribution is -0.140. The Bertz CT molecular complexity index is 5020.